The number of nitrogens with two attached hydrogens (primary N) is 1. The third kappa shape index (κ3) is 2.65. The van der Waals surface area contributed by atoms with Gasteiger partial charge in [0.25, 0.3) is 0 Å². The number of aromatic amines is 1. The number of carboxylic acids is 1. The van der Waals surface area contributed by atoms with Crippen LogP contribution in [0, 0.1) is 0 Å². The van der Waals surface area contributed by atoms with E-state index in [1.807, 2.05) is 0 Å². The number of carboxylic acid groups (broad SMARTS) is 1. The summed E-state index contributed by atoms with van der Waals surface area (Å²) in [5.74, 6) is -0.984. The fourth-order valence-electron chi connectivity index (χ4n) is 2.43. The Balaban J connectivity index is 1.87. The molecule has 2 atom stereocenters. The van der Waals surface area contributed by atoms with Gasteiger partial charge in [-0.3, -0.25) is 29.1 Å². The molecule has 0 saturated carbocycles. The topological polar surface area (TPSA) is 151 Å². The standard InChI is InChI=1S/C12H13N5O5S2/c1-16-12(14-7(18)8(19)15-16)24-3-4-2-23-10-5(13)9(20)17(10)6(4)11(21)22/h5,10H,2-3,13H2,1H3,(H,15,19)(H,21,22)/t5-,10+/m1/s1. The molecule has 1 aromatic heterocycles. The second-order valence-electron chi connectivity index (χ2n) is 5.18. The minimum absolute atomic E-state index is 0.0626. The molecule has 1 aromatic rings. The van der Waals surface area contributed by atoms with Gasteiger partial charge < -0.3 is 10.8 Å². The predicted octanol–water partition coefficient (Wildman–Crippen LogP) is -1.86. The molecule has 0 aliphatic carbocycles. The Morgan fingerprint density at radius 3 is 2.88 bits per heavy atom. The van der Waals surface area contributed by atoms with Gasteiger partial charge in [0.15, 0.2) is 5.16 Å². The number of nitrogens with zero attached hydrogens (tertiary/aromatic N) is 3. The first kappa shape index (κ1) is 16.8. The summed E-state index contributed by atoms with van der Waals surface area (Å²) in [7, 11) is 1.52. The molecule has 12 heteroatoms. The minimum Gasteiger partial charge on any atom is -0.477 e. The fraction of sp³-hybridized carbons (Fsp3) is 0.417. The van der Waals surface area contributed by atoms with Crippen molar-refractivity contribution in [1.29, 1.82) is 0 Å². The molecule has 0 unspecified atom stereocenters. The lowest BCUT2D eigenvalue weighted by molar-refractivity contribution is -0.147. The van der Waals surface area contributed by atoms with Crippen LogP contribution in [-0.4, -0.2) is 59.6 Å². The van der Waals surface area contributed by atoms with Gasteiger partial charge in [0.1, 0.15) is 17.1 Å². The van der Waals surface area contributed by atoms with E-state index in [4.69, 9.17) is 5.73 Å². The Labute approximate surface area is 143 Å². The average Bonchev–Trinajstić information content (AvgIpc) is 2.55. The SMILES string of the molecule is Cn1[nH]c(=O)c(=O)nc1SCC1=C(C(=O)O)N2C(=O)[C@@H](N)[C@@H]2SC1. The van der Waals surface area contributed by atoms with Gasteiger partial charge in [-0.05, 0) is 5.57 Å². The highest BCUT2D eigenvalue weighted by Gasteiger charge is 2.51. The summed E-state index contributed by atoms with van der Waals surface area (Å²) in [6.07, 6.45) is 0. The van der Waals surface area contributed by atoms with E-state index in [9.17, 15) is 24.3 Å². The van der Waals surface area contributed by atoms with E-state index in [0.29, 0.717) is 11.3 Å². The first-order valence-electron chi connectivity index (χ1n) is 6.77. The van der Waals surface area contributed by atoms with E-state index in [-0.39, 0.29) is 22.0 Å². The predicted molar refractivity (Wildman–Crippen MR) is 86.6 cm³/mol. The van der Waals surface area contributed by atoms with Gasteiger partial charge in [0.2, 0.25) is 5.91 Å². The second kappa shape index (κ2) is 6.11. The minimum atomic E-state index is -1.19. The highest BCUT2D eigenvalue weighted by molar-refractivity contribution is 8.01. The van der Waals surface area contributed by atoms with Crippen molar-refractivity contribution in [2.45, 2.75) is 16.6 Å². The van der Waals surface area contributed by atoms with Crippen LogP contribution in [0.25, 0.3) is 0 Å². The number of hydrogen-bond donors (Lipinski definition) is 3. The number of fused-ring (bicyclic) bond motifs is 1. The maximum absolute atomic E-state index is 11.9. The molecule has 1 fully saturated rings. The second-order valence-corrected chi connectivity index (χ2v) is 7.23. The Kier molecular flexibility index (Phi) is 4.27. The monoisotopic (exact) mass is 371 g/mol. The fourth-order valence-corrected chi connectivity index (χ4v) is 4.78. The number of thioether (sulfide) groups is 2. The van der Waals surface area contributed by atoms with Crippen molar-refractivity contribution in [3.8, 4) is 0 Å². The van der Waals surface area contributed by atoms with Crippen molar-refractivity contribution in [2.75, 3.05) is 11.5 Å². The largest absolute Gasteiger partial charge is 0.477 e. The summed E-state index contributed by atoms with van der Waals surface area (Å²) in [5, 5.41) is 11.6. The molecular formula is C12H13N5O5S2. The number of hydrogen-bond acceptors (Lipinski definition) is 8. The highest BCUT2D eigenvalue weighted by atomic mass is 32.2. The number of aromatic nitrogens is 3. The number of nitrogens with one attached hydrogen (secondary N) is 1. The summed E-state index contributed by atoms with van der Waals surface area (Å²) in [5.41, 5.74) is 4.42. The van der Waals surface area contributed by atoms with Gasteiger partial charge in [-0.25, -0.2) is 4.79 Å². The van der Waals surface area contributed by atoms with Crippen LogP contribution in [0.3, 0.4) is 0 Å². The molecule has 1 saturated heterocycles. The lowest BCUT2D eigenvalue weighted by Crippen LogP contribution is -2.68. The maximum Gasteiger partial charge on any atom is 0.352 e. The van der Waals surface area contributed by atoms with Crippen molar-refractivity contribution >= 4 is 35.4 Å². The number of aryl methyl sites for hydroxylation is 1. The molecule has 0 spiro atoms. The Bertz CT molecular complexity index is 875. The zero-order valence-electron chi connectivity index (χ0n) is 12.4. The molecule has 3 heterocycles. The molecule has 3 rings (SSSR count). The number of H-pyrrole nitrogens is 1. The van der Waals surface area contributed by atoms with Crippen LogP contribution in [0.2, 0.25) is 0 Å². The van der Waals surface area contributed by atoms with E-state index in [0.717, 1.165) is 11.8 Å². The Morgan fingerprint density at radius 2 is 2.21 bits per heavy atom. The third-order valence-electron chi connectivity index (χ3n) is 3.61. The van der Waals surface area contributed by atoms with E-state index < -0.39 is 29.0 Å². The molecule has 128 valence electrons. The molecule has 0 aromatic carbocycles. The van der Waals surface area contributed by atoms with E-state index in [1.54, 1.807) is 0 Å². The number of β-lactam (4-membered cyclic amide) rings is 1. The number of carbonyl (C=O) groups excluding carboxylic acids is 1. The lowest BCUT2D eigenvalue weighted by Gasteiger charge is -2.48. The maximum atomic E-state index is 11.9. The van der Waals surface area contributed by atoms with Crippen molar-refractivity contribution in [3.63, 3.8) is 0 Å². The summed E-state index contributed by atoms with van der Waals surface area (Å²) in [6.45, 7) is 0. The number of amides is 1. The van der Waals surface area contributed by atoms with Crippen molar-refractivity contribution in [2.24, 2.45) is 12.8 Å². The van der Waals surface area contributed by atoms with Gasteiger partial charge in [-0.15, -0.1) is 11.8 Å². The van der Waals surface area contributed by atoms with E-state index in [2.05, 4.69) is 10.1 Å². The summed E-state index contributed by atoms with van der Waals surface area (Å²) < 4.78 is 1.29. The third-order valence-corrected chi connectivity index (χ3v) is 6.09. The van der Waals surface area contributed by atoms with Crippen LogP contribution in [0.4, 0.5) is 0 Å². The van der Waals surface area contributed by atoms with Crippen molar-refractivity contribution in [1.82, 2.24) is 19.7 Å². The van der Waals surface area contributed by atoms with Gasteiger partial charge in [-0.2, -0.15) is 4.98 Å². The Morgan fingerprint density at radius 1 is 1.50 bits per heavy atom. The number of aliphatic carboxylic acids is 1. The van der Waals surface area contributed by atoms with Crippen molar-refractivity contribution < 1.29 is 14.7 Å². The first-order chi connectivity index (χ1) is 11.3. The van der Waals surface area contributed by atoms with Gasteiger partial charge in [-0.1, -0.05) is 11.8 Å². The zero-order chi connectivity index (χ0) is 17.6. The van der Waals surface area contributed by atoms with E-state index >= 15 is 0 Å². The molecule has 10 nitrogen and oxygen atoms in total. The Hall–Kier alpha value is -2.05. The summed E-state index contributed by atoms with van der Waals surface area (Å²) in [4.78, 5) is 50.8. The van der Waals surface area contributed by atoms with Crippen LogP contribution in [0.15, 0.2) is 26.0 Å². The lowest BCUT2D eigenvalue weighted by atomic mass is 10.0. The molecule has 2 aliphatic rings. The number of rotatable bonds is 4. The average molecular weight is 371 g/mol. The van der Waals surface area contributed by atoms with Crippen LogP contribution < -0.4 is 16.9 Å². The van der Waals surface area contributed by atoms with Crippen LogP contribution in [0.1, 0.15) is 0 Å². The molecule has 0 bridgehead atoms. The zero-order valence-corrected chi connectivity index (χ0v) is 14.0. The van der Waals surface area contributed by atoms with Crippen molar-refractivity contribution in [3.05, 3.63) is 32.0 Å². The molecule has 4 N–H and O–H groups in total. The first-order valence-corrected chi connectivity index (χ1v) is 8.80. The van der Waals surface area contributed by atoms with E-state index in [1.165, 1.54) is 28.4 Å². The number of carbonyl (C=O) groups is 2. The van der Waals surface area contributed by atoms with Gasteiger partial charge in [0.05, 0.1) is 0 Å². The van der Waals surface area contributed by atoms with Crippen LogP contribution >= 0.6 is 23.5 Å². The summed E-state index contributed by atoms with van der Waals surface area (Å²) in [6, 6.07) is -0.680. The quantitative estimate of drug-likeness (QED) is 0.314. The van der Waals surface area contributed by atoms with Crippen LogP contribution in [0.5, 0.6) is 0 Å². The molecule has 24 heavy (non-hydrogen) atoms. The normalized spacial score (nSPS) is 23.1. The summed E-state index contributed by atoms with van der Waals surface area (Å²) >= 11 is 2.50. The van der Waals surface area contributed by atoms with Crippen LogP contribution in [-0.2, 0) is 16.6 Å². The molecule has 0 radical (unpaired) electrons. The van der Waals surface area contributed by atoms with Gasteiger partial charge >= 0.3 is 17.1 Å². The molecular weight excluding hydrogens is 358 g/mol. The molecule has 2 aliphatic heterocycles. The highest BCUT2D eigenvalue weighted by Crippen LogP contribution is 2.40. The molecule has 1 amide bonds. The smallest absolute Gasteiger partial charge is 0.352 e. The van der Waals surface area contributed by atoms with Gasteiger partial charge in [0, 0.05) is 18.6 Å².